The molecule has 3 heterocycles. The first-order valence-electron chi connectivity index (χ1n) is 16.1. The average Bonchev–Trinajstić information content (AvgIpc) is 3.80. The molecule has 3 aromatic heterocycles. The molecule has 0 amide bonds. The largest absolute Gasteiger partial charge is 0.308 e. The molecular formula is C44H26N2S. The van der Waals surface area contributed by atoms with Crippen LogP contribution in [0.2, 0.25) is 0 Å². The van der Waals surface area contributed by atoms with Crippen LogP contribution in [0.25, 0.3) is 96.7 Å². The Labute approximate surface area is 273 Å². The number of aromatic nitrogens is 2. The fraction of sp³-hybridized carbons (Fsp3) is 0. The van der Waals surface area contributed by atoms with Crippen LogP contribution in [0.4, 0.5) is 0 Å². The number of benzene rings is 8. The summed E-state index contributed by atoms with van der Waals surface area (Å²) in [4.78, 5) is 0. The van der Waals surface area contributed by atoms with Crippen LogP contribution in [-0.2, 0) is 0 Å². The lowest BCUT2D eigenvalue weighted by atomic mass is 9.96. The van der Waals surface area contributed by atoms with Gasteiger partial charge in [-0.3, -0.25) is 0 Å². The highest BCUT2D eigenvalue weighted by atomic mass is 32.1. The van der Waals surface area contributed by atoms with E-state index >= 15 is 0 Å². The Morgan fingerprint density at radius 1 is 0.298 bits per heavy atom. The third-order valence-corrected chi connectivity index (χ3v) is 11.2. The van der Waals surface area contributed by atoms with Crippen molar-refractivity contribution in [1.29, 1.82) is 0 Å². The molecule has 0 aliphatic rings. The van der Waals surface area contributed by atoms with Crippen LogP contribution in [-0.4, -0.2) is 9.13 Å². The van der Waals surface area contributed by atoms with E-state index in [-0.39, 0.29) is 0 Å². The molecule has 0 spiro atoms. The SMILES string of the molecule is c1ccc(-n2c3ccc4c5c6ccccc6c6ccccc6c5n(-c5ccccc5)c4c3c3ccc4sc5ccccc5c4c32)cc1. The van der Waals surface area contributed by atoms with Gasteiger partial charge >= 0.3 is 0 Å². The van der Waals surface area contributed by atoms with Gasteiger partial charge in [0, 0.05) is 58.5 Å². The Kier molecular flexibility index (Phi) is 5.02. The van der Waals surface area contributed by atoms with E-state index in [1.165, 1.54) is 96.7 Å². The summed E-state index contributed by atoms with van der Waals surface area (Å²) in [6.45, 7) is 0. The summed E-state index contributed by atoms with van der Waals surface area (Å²) in [5.41, 5.74) is 7.35. The first-order valence-corrected chi connectivity index (χ1v) is 16.9. The van der Waals surface area contributed by atoms with E-state index in [0.29, 0.717) is 0 Å². The van der Waals surface area contributed by atoms with Crippen molar-refractivity contribution in [1.82, 2.24) is 9.13 Å². The van der Waals surface area contributed by atoms with Crippen molar-refractivity contribution in [3.63, 3.8) is 0 Å². The highest BCUT2D eigenvalue weighted by molar-refractivity contribution is 7.26. The Morgan fingerprint density at radius 2 is 0.809 bits per heavy atom. The maximum atomic E-state index is 2.55. The minimum absolute atomic E-state index is 1.17. The standard InChI is InChI=1S/C44H26N2S/c1-3-13-27(14-4-1)45-36-25-23-34-39-31-19-9-7-17-29(31)30-18-8-10-20-32(30)42(39)46(28-15-5-2-6-16-28)43(34)40(36)35-24-26-38-41(44(35)45)33-21-11-12-22-37(33)47-38/h1-26H. The van der Waals surface area contributed by atoms with Crippen LogP contribution in [0.5, 0.6) is 0 Å². The van der Waals surface area contributed by atoms with Gasteiger partial charge in [-0.05, 0) is 58.6 Å². The second-order valence-corrected chi connectivity index (χ2v) is 13.5. The van der Waals surface area contributed by atoms with Gasteiger partial charge in [-0.15, -0.1) is 11.3 Å². The van der Waals surface area contributed by atoms with Gasteiger partial charge in [0.1, 0.15) is 0 Å². The highest BCUT2D eigenvalue weighted by Crippen LogP contribution is 2.49. The third-order valence-electron chi connectivity index (χ3n) is 10.1. The van der Waals surface area contributed by atoms with Crippen molar-refractivity contribution in [2.24, 2.45) is 0 Å². The zero-order chi connectivity index (χ0) is 30.6. The van der Waals surface area contributed by atoms with E-state index in [1.807, 2.05) is 11.3 Å². The summed E-state index contributed by atoms with van der Waals surface area (Å²) in [7, 11) is 0. The molecule has 11 rings (SSSR count). The molecule has 0 aliphatic heterocycles. The van der Waals surface area contributed by atoms with Crippen LogP contribution < -0.4 is 0 Å². The number of fused-ring (bicyclic) bond motifs is 16. The van der Waals surface area contributed by atoms with E-state index in [0.717, 1.165) is 0 Å². The first-order chi connectivity index (χ1) is 23.4. The van der Waals surface area contributed by atoms with Crippen molar-refractivity contribution < 1.29 is 0 Å². The van der Waals surface area contributed by atoms with Gasteiger partial charge in [-0.2, -0.15) is 0 Å². The highest BCUT2D eigenvalue weighted by Gasteiger charge is 2.25. The predicted molar refractivity (Wildman–Crippen MR) is 203 cm³/mol. The third kappa shape index (κ3) is 3.29. The van der Waals surface area contributed by atoms with Gasteiger partial charge in [0.05, 0.1) is 22.1 Å². The zero-order valence-electron chi connectivity index (χ0n) is 25.3. The van der Waals surface area contributed by atoms with Gasteiger partial charge in [0.2, 0.25) is 0 Å². The number of nitrogens with zero attached hydrogens (tertiary/aromatic N) is 2. The summed E-state index contributed by atoms with van der Waals surface area (Å²) in [6, 6.07) is 58.0. The van der Waals surface area contributed by atoms with E-state index in [4.69, 9.17) is 0 Å². The molecule has 218 valence electrons. The number of para-hydroxylation sites is 2. The Morgan fingerprint density at radius 3 is 1.55 bits per heavy atom. The van der Waals surface area contributed by atoms with Gasteiger partial charge < -0.3 is 9.13 Å². The number of rotatable bonds is 2. The molecule has 47 heavy (non-hydrogen) atoms. The zero-order valence-corrected chi connectivity index (χ0v) is 26.1. The number of hydrogen-bond donors (Lipinski definition) is 0. The molecular weight excluding hydrogens is 589 g/mol. The van der Waals surface area contributed by atoms with E-state index in [2.05, 4.69) is 167 Å². The molecule has 0 atom stereocenters. The van der Waals surface area contributed by atoms with Crippen LogP contribution in [0.1, 0.15) is 0 Å². The smallest absolute Gasteiger partial charge is 0.0641 e. The summed E-state index contributed by atoms with van der Waals surface area (Å²) in [5.74, 6) is 0. The molecule has 0 aliphatic carbocycles. The molecule has 11 aromatic rings. The minimum atomic E-state index is 1.17. The first kappa shape index (κ1) is 25.3. The molecule has 0 saturated carbocycles. The lowest BCUT2D eigenvalue weighted by Crippen LogP contribution is -1.96. The monoisotopic (exact) mass is 614 g/mol. The quantitative estimate of drug-likeness (QED) is 0.171. The molecule has 0 fully saturated rings. The second-order valence-electron chi connectivity index (χ2n) is 12.4. The van der Waals surface area contributed by atoms with Gasteiger partial charge in [0.15, 0.2) is 0 Å². The lowest BCUT2D eigenvalue weighted by Gasteiger charge is -2.12. The summed E-state index contributed by atoms with van der Waals surface area (Å²) in [5, 5.41) is 12.9. The molecule has 8 aromatic carbocycles. The van der Waals surface area contributed by atoms with Gasteiger partial charge in [-0.25, -0.2) is 0 Å². The maximum absolute atomic E-state index is 2.55. The normalized spacial score (nSPS) is 12.3. The van der Waals surface area contributed by atoms with Gasteiger partial charge in [0.25, 0.3) is 0 Å². The molecule has 0 unspecified atom stereocenters. The van der Waals surface area contributed by atoms with Crippen LogP contribution in [0.3, 0.4) is 0 Å². The molecule has 0 bridgehead atoms. The molecule has 0 N–H and O–H groups in total. The predicted octanol–water partition coefficient (Wildman–Crippen LogP) is 12.6. The summed E-state index contributed by atoms with van der Waals surface area (Å²) < 4.78 is 7.69. The number of thiophene rings is 1. The fourth-order valence-corrected chi connectivity index (χ4v) is 9.35. The molecule has 0 saturated heterocycles. The molecule has 2 nitrogen and oxygen atoms in total. The van der Waals surface area contributed by atoms with Crippen molar-refractivity contribution in [3.05, 3.63) is 158 Å². The van der Waals surface area contributed by atoms with Crippen molar-refractivity contribution in [2.45, 2.75) is 0 Å². The summed E-state index contributed by atoms with van der Waals surface area (Å²) in [6.07, 6.45) is 0. The van der Waals surface area contributed by atoms with Crippen LogP contribution in [0.15, 0.2) is 158 Å². The molecule has 0 radical (unpaired) electrons. The Hall–Kier alpha value is -5.90. The average molecular weight is 615 g/mol. The fourth-order valence-electron chi connectivity index (χ4n) is 8.24. The topological polar surface area (TPSA) is 9.86 Å². The van der Waals surface area contributed by atoms with E-state index < -0.39 is 0 Å². The van der Waals surface area contributed by atoms with Crippen molar-refractivity contribution in [3.8, 4) is 11.4 Å². The summed E-state index contributed by atoms with van der Waals surface area (Å²) >= 11 is 1.88. The Bertz CT molecular complexity index is 3050. The maximum Gasteiger partial charge on any atom is 0.0641 e. The Balaban J connectivity index is 1.48. The number of hydrogen-bond acceptors (Lipinski definition) is 1. The van der Waals surface area contributed by atoms with Crippen LogP contribution in [0, 0.1) is 0 Å². The lowest BCUT2D eigenvalue weighted by molar-refractivity contribution is 1.18. The van der Waals surface area contributed by atoms with Gasteiger partial charge in [-0.1, -0.05) is 115 Å². The van der Waals surface area contributed by atoms with Crippen molar-refractivity contribution in [2.75, 3.05) is 0 Å². The van der Waals surface area contributed by atoms with Crippen molar-refractivity contribution >= 4 is 96.7 Å². The van der Waals surface area contributed by atoms with Crippen LogP contribution >= 0.6 is 11.3 Å². The minimum Gasteiger partial charge on any atom is -0.308 e. The van der Waals surface area contributed by atoms with E-state index in [1.54, 1.807) is 0 Å². The van der Waals surface area contributed by atoms with E-state index in [9.17, 15) is 0 Å². The second kappa shape index (κ2) is 9.32. The molecule has 3 heteroatoms.